The molecule has 2 amide bonds. The van der Waals surface area contributed by atoms with Crippen LogP contribution in [0.15, 0.2) is 24.7 Å². The van der Waals surface area contributed by atoms with Crippen LogP contribution in [0.4, 0.5) is 11.5 Å². The molecule has 2 aromatic rings. The number of carbonyl (C=O) groups is 2. The van der Waals surface area contributed by atoms with Crippen molar-refractivity contribution < 1.29 is 9.59 Å². The molecule has 0 aliphatic heterocycles. The average Bonchev–Trinajstić information content (AvgIpc) is 3.37. The molecule has 2 aromatic heterocycles. The van der Waals surface area contributed by atoms with Gasteiger partial charge < -0.3 is 16.4 Å². The lowest BCUT2D eigenvalue weighted by molar-refractivity contribution is -0.118. The fourth-order valence-electron chi connectivity index (χ4n) is 2.46. The summed E-state index contributed by atoms with van der Waals surface area (Å²) in [5.41, 5.74) is 6.76. The molecule has 9 nitrogen and oxygen atoms in total. The summed E-state index contributed by atoms with van der Waals surface area (Å²) in [6.07, 6.45) is 5.36. The number of hydrogen-bond donors (Lipinski definition) is 3. The number of anilines is 2. The third kappa shape index (κ3) is 3.92. The van der Waals surface area contributed by atoms with Gasteiger partial charge in [-0.3, -0.25) is 14.6 Å². The number of pyridine rings is 1. The second-order valence-electron chi connectivity index (χ2n) is 6.15. The van der Waals surface area contributed by atoms with Gasteiger partial charge in [0.1, 0.15) is 6.07 Å². The van der Waals surface area contributed by atoms with Gasteiger partial charge in [0.15, 0.2) is 11.5 Å². The van der Waals surface area contributed by atoms with Gasteiger partial charge in [0.25, 0.3) is 0 Å². The Morgan fingerprint density at radius 2 is 2.08 bits per heavy atom. The van der Waals surface area contributed by atoms with Crippen LogP contribution >= 0.6 is 0 Å². The lowest BCUT2D eigenvalue weighted by atomic mass is 10.1. The van der Waals surface area contributed by atoms with Gasteiger partial charge in [0.05, 0.1) is 30.3 Å². The van der Waals surface area contributed by atoms with E-state index in [0.29, 0.717) is 28.7 Å². The smallest absolute Gasteiger partial charge is 0.236 e. The van der Waals surface area contributed by atoms with Crippen molar-refractivity contribution in [3.63, 3.8) is 0 Å². The van der Waals surface area contributed by atoms with Crippen molar-refractivity contribution in [1.29, 1.82) is 5.26 Å². The quantitative estimate of drug-likeness (QED) is 0.700. The zero-order valence-electron chi connectivity index (χ0n) is 14.1. The molecule has 132 valence electrons. The number of nitrogens with zero attached hydrogens (tertiary/aromatic N) is 4. The maximum Gasteiger partial charge on any atom is 0.236 e. The van der Waals surface area contributed by atoms with Crippen molar-refractivity contribution in [2.75, 3.05) is 17.2 Å². The zero-order valence-corrected chi connectivity index (χ0v) is 14.1. The Labute approximate surface area is 149 Å². The van der Waals surface area contributed by atoms with Crippen LogP contribution in [0.1, 0.15) is 19.0 Å². The number of carbonyl (C=O) groups excluding carboxylic acids is 2. The van der Waals surface area contributed by atoms with Gasteiger partial charge in [0.2, 0.25) is 11.8 Å². The third-order valence-electron chi connectivity index (χ3n) is 4.09. The monoisotopic (exact) mass is 351 g/mol. The van der Waals surface area contributed by atoms with Crippen LogP contribution < -0.4 is 16.4 Å². The van der Waals surface area contributed by atoms with E-state index < -0.39 is 5.91 Å². The molecule has 2 heterocycles. The van der Waals surface area contributed by atoms with Crippen molar-refractivity contribution in [1.82, 2.24) is 15.0 Å². The maximum atomic E-state index is 11.9. The molecule has 0 spiro atoms. The molecule has 26 heavy (non-hydrogen) atoms. The molecular weight excluding hydrogens is 334 g/mol. The first-order valence-corrected chi connectivity index (χ1v) is 8.03. The van der Waals surface area contributed by atoms with Gasteiger partial charge in [-0.1, -0.05) is 6.92 Å². The van der Waals surface area contributed by atoms with Crippen molar-refractivity contribution in [3.05, 3.63) is 30.4 Å². The van der Waals surface area contributed by atoms with E-state index in [4.69, 9.17) is 11.0 Å². The van der Waals surface area contributed by atoms with E-state index in [-0.39, 0.29) is 24.1 Å². The van der Waals surface area contributed by atoms with Gasteiger partial charge >= 0.3 is 0 Å². The van der Waals surface area contributed by atoms with Crippen molar-refractivity contribution in [2.24, 2.45) is 17.6 Å². The molecule has 3 rings (SSSR count). The summed E-state index contributed by atoms with van der Waals surface area (Å²) in [5, 5.41) is 14.6. The van der Waals surface area contributed by atoms with E-state index in [2.05, 4.69) is 25.6 Å². The van der Waals surface area contributed by atoms with Gasteiger partial charge in [-0.15, -0.1) is 0 Å². The van der Waals surface area contributed by atoms with Crippen LogP contribution in [0, 0.1) is 23.2 Å². The lowest BCUT2D eigenvalue weighted by Gasteiger charge is -2.08. The summed E-state index contributed by atoms with van der Waals surface area (Å²) in [5.74, 6) is 0.254. The van der Waals surface area contributed by atoms with Gasteiger partial charge in [0, 0.05) is 17.7 Å². The van der Waals surface area contributed by atoms with Crippen LogP contribution in [0.3, 0.4) is 0 Å². The number of hydrogen-bond acceptors (Lipinski definition) is 7. The molecule has 1 fully saturated rings. The summed E-state index contributed by atoms with van der Waals surface area (Å²) in [6.45, 7) is 1.91. The summed E-state index contributed by atoms with van der Waals surface area (Å²) in [4.78, 5) is 35.4. The van der Waals surface area contributed by atoms with Crippen LogP contribution in [-0.4, -0.2) is 33.3 Å². The first-order valence-electron chi connectivity index (χ1n) is 8.03. The Bertz CT molecular complexity index is 889. The van der Waals surface area contributed by atoms with Crippen molar-refractivity contribution >= 4 is 23.3 Å². The number of nitrogens with one attached hydrogen (secondary N) is 2. The molecule has 0 saturated heterocycles. The topological polar surface area (TPSA) is 147 Å². The summed E-state index contributed by atoms with van der Waals surface area (Å²) >= 11 is 0. The molecule has 0 radical (unpaired) electrons. The molecule has 1 aliphatic carbocycles. The van der Waals surface area contributed by atoms with Crippen molar-refractivity contribution in [2.45, 2.75) is 13.3 Å². The van der Waals surface area contributed by atoms with E-state index in [1.165, 1.54) is 18.6 Å². The number of nitriles is 1. The summed E-state index contributed by atoms with van der Waals surface area (Å²) in [6, 6.07) is 3.58. The second-order valence-corrected chi connectivity index (χ2v) is 6.15. The molecule has 0 aromatic carbocycles. The molecule has 1 aliphatic rings. The minimum absolute atomic E-state index is 0.0440. The summed E-state index contributed by atoms with van der Waals surface area (Å²) in [7, 11) is 0. The first-order chi connectivity index (χ1) is 12.5. The summed E-state index contributed by atoms with van der Waals surface area (Å²) < 4.78 is 0. The predicted octanol–water partition coefficient (Wildman–Crippen LogP) is 0.902. The molecule has 0 bridgehead atoms. The SMILES string of the molecule is CC1CC1C(=O)Nc1cnc(-c2cnc(C#N)c(NCC(N)=O)c2)cn1. The fraction of sp³-hybridized carbons (Fsp3) is 0.294. The van der Waals surface area contributed by atoms with Gasteiger partial charge in [-0.25, -0.2) is 9.97 Å². The Morgan fingerprint density at radius 1 is 1.31 bits per heavy atom. The van der Waals surface area contributed by atoms with Gasteiger partial charge in [-0.2, -0.15) is 5.26 Å². The predicted molar refractivity (Wildman–Crippen MR) is 93.6 cm³/mol. The largest absolute Gasteiger partial charge is 0.374 e. The minimum Gasteiger partial charge on any atom is -0.374 e. The maximum absolute atomic E-state index is 11.9. The third-order valence-corrected chi connectivity index (χ3v) is 4.09. The van der Waals surface area contributed by atoms with Crippen LogP contribution in [0.2, 0.25) is 0 Å². The highest BCUT2D eigenvalue weighted by molar-refractivity contribution is 5.93. The van der Waals surface area contributed by atoms with Crippen LogP contribution in [0.5, 0.6) is 0 Å². The van der Waals surface area contributed by atoms with Gasteiger partial charge in [-0.05, 0) is 18.4 Å². The van der Waals surface area contributed by atoms with E-state index >= 15 is 0 Å². The number of nitrogens with two attached hydrogens (primary N) is 1. The standard InChI is InChI=1S/C17H17N7O2/c1-9-2-11(9)17(26)24-16-8-22-14(6-23-16)10-3-12(21-7-15(19)25)13(4-18)20-5-10/h3,5-6,8-9,11,21H,2,7H2,1H3,(H2,19,25)(H,23,24,26). The molecule has 9 heteroatoms. The van der Waals surface area contributed by atoms with E-state index in [0.717, 1.165) is 6.42 Å². The second kappa shape index (κ2) is 7.14. The Morgan fingerprint density at radius 3 is 2.65 bits per heavy atom. The minimum atomic E-state index is -0.552. The number of amides is 2. The van der Waals surface area contributed by atoms with Crippen molar-refractivity contribution in [3.8, 4) is 17.3 Å². The Hall–Kier alpha value is -3.54. The molecule has 2 unspecified atom stereocenters. The highest BCUT2D eigenvalue weighted by atomic mass is 16.2. The highest BCUT2D eigenvalue weighted by Gasteiger charge is 2.39. The lowest BCUT2D eigenvalue weighted by Crippen LogP contribution is -2.22. The normalized spacial score (nSPS) is 17.8. The first kappa shape index (κ1) is 17.3. The molecular formula is C17H17N7O2. The van der Waals surface area contributed by atoms with E-state index in [9.17, 15) is 9.59 Å². The number of primary amides is 1. The van der Waals surface area contributed by atoms with Crippen LogP contribution in [0.25, 0.3) is 11.3 Å². The molecule has 4 N–H and O–H groups in total. The highest BCUT2D eigenvalue weighted by Crippen LogP contribution is 2.38. The number of aromatic nitrogens is 3. The zero-order chi connectivity index (χ0) is 18.7. The van der Waals surface area contributed by atoms with Crippen LogP contribution in [-0.2, 0) is 9.59 Å². The Balaban J connectivity index is 1.76. The molecule has 2 atom stereocenters. The van der Waals surface area contributed by atoms with E-state index in [1.54, 1.807) is 6.07 Å². The number of rotatable bonds is 6. The molecule has 1 saturated carbocycles. The van der Waals surface area contributed by atoms with E-state index in [1.807, 2.05) is 13.0 Å². The fourth-order valence-corrected chi connectivity index (χ4v) is 2.46. The average molecular weight is 351 g/mol. The Kier molecular flexibility index (Phi) is 4.75.